The summed E-state index contributed by atoms with van der Waals surface area (Å²) in [6.07, 6.45) is 0. The van der Waals surface area contributed by atoms with E-state index < -0.39 is 0 Å². The number of amides is 1. The first-order valence-electron chi connectivity index (χ1n) is 8.15. The summed E-state index contributed by atoms with van der Waals surface area (Å²) in [5, 5.41) is 8.72. The van der Waals surface area contributed by atoms with Gasteiger partial charge in [0.1, 0.15) is 10.7 Å². The molecule has 0 aliphatic carbocycles. The van der Waals surface area contributed by atoms with Crippen LogP contribution in [0.15, 0.2) is 29.6 Å². The molecule has 0 saturated carbocycles. The maximum Gasteiger partial charge on any atom is 0.270 e. The monoisotopic (exact) mass is 347 g/mol. The van der Waals surface area contributed by atoms with Gasteiger partial charge in [0, 0.05) is 37.7 Å². The highest BCUT2D eigenvalue weighted by Crippen LogP contribution is 2.25. The topological polar surface area (TPSA) is 63.2 Å². The normalized spacial score (nSPS) is 11.0. The zero-order chi connectivity index (χ0) is 17.4. The van der Waals surface area contributed by atoms with E-state index in [1.165, 1.54) is 16.9 Å². The van der Waals surface area contributed by atoms with Gasteiger partial charge in [0.05, 0.1) is 6.61 Å². The molecule has 0 spiro atoms. The quantitative estimate of drug-likeness (QED) is 0.685. The van der Waals surface area contributed by atoms with E-state index in [1.807, 2.05) is 0 Å². The van der Waals surface area contributed by atoms with Crippen LogP contribution in [0.4, 0.5) is 0 Å². The Balaban J connectivity index is 1.86. The molecule has 0 radical (unpaired) electrons. The summed E-state index contributed by atoms with van der Waals surface area (Å²) in [6, 6.07) is 8.37. The van der Waals surface area contributed by atoms with E-state index in [9.17, 15) is 4.79 Å². The summed E-state index contributed by atoms with van der Waals surface area (Å²) in [7, 11) is 1.67. The molecule has 0 bridgehead atoms. The van der Waals surface area contributed by atoms with Gasteiger partial charge in [-0.05, 0) is 11.5 Å². The van der Waals surface area contributed by atoms with Crippen molar-refractivity contribution in [3.8, 4) is 10.6 Å². The summed E-state index contributed by atoms with van der Waals surface area (Å²) in [5.41, 5.74) is 2.82. The van der Waals surface area contributed by atoms with Crippen LogP contribution >= 0.6 is 11.3 Å². The van der Waals surface area contributed by atoms with Gasteiger partial charge in [-0.2, -0.15) is 0 Å². The van der Waals surface area contributed by atoms with Gasteiger partial charge >= 0.3 is 0 Å². The highest BCUT2D eigenvalue weighted by atomic mass is 32.1. The molecule has 5 nitrogen and oxygen atoms in total. The molecule has 2 aromatic rings. The van der Waals surface area contributed by atoms with Crippen LogP contribution in [0.5, 0.6) is 0 Å². The van der Waals surface area contributed by atoms with E-state index in [2.05, 4.69) is 53.7 Å². The van der Waals surface area contributed by atoms with E-state index in [0.29, 0.717) is 31.3 Å². The Hall–Kier alpha value is -1.76. The van der Waals surface area contributed by atoms with Gasteiger partial charge in [-0.3, -0.25) is 4.79 Å². The van der Waals surface area contributed by atoms with Crippen molar-refractivity contribution in [1.82, 2.24) is 15.6 Å². The Morgan fingerprint density at radius 2 is 1.96 bits per heavy atom. The number of aromatic nitrogens is 1. The molecular formula is C18H25N3O2S. The van der Waals surface area contributed by atoms with Crippen LogP contribution in [0.25, 0.3) is 10.6 Å². The molecule has 0 aliphatic rings. The van der Waals surface area contributed by atoms with E-state index in [1.54, 1.807) is 12.5 Å². The number of benzene rings is 1. The second kappa shape index (κ2) is 9.52. The smallest absolute Gasteiger partial charge is 0.270 e. The Bertz CT molecular complexity index is 638. The number of nitrogens with zero attached hydrogens (tertiary/aromatic N) is 1. The molecule has 1 aromatic heterocycles. The van der Waals surface area contributed by atoms with Crippen molar-refractivity contribution in [2.45, 2.75) is 19.8 Å². The maximum atomic E-state index is 12.1. The fourth-order valence-corrected chi connectivity index (χ4v) is 2.98. The van der Waals surface area contributed by atoms with Crippen LogP contribution in [0.1, 0.15) is 35.8 Å². The molecule has 2 N–H and O–H groups in total. The molecule has 24 heavy (non-hydrogen) atoms. The van der Waals surface area contributed by atoms with Crippen LogP contribution in [-0.2, 0) is 4.74 Å². The first-order valence-corrected chi connectivity index (χ1v) is 9.03. The number of nitrogens with one attached hydrogen (secondary N) is 2. The largest absolute Gasteiger partial charge is 0.383 e. The molecule has 130 valence electrons. The van der Waals surface area contributed by atoms with Gasteiger partial charge < -0.3 is 15.4 Å². The lowest BCUT2D eigenvalue weighted by atomic mass is 10.0. The number of ether oxygens (including phenoxy) is 1. The first-order chi connectivity index (χ1) is 11.6. The SMILES string of the molecule is COCCNCCNC(=O)c1csc(-c2ccc(C(C)C)cc2)n1. The van der Waals surface area contributed by atoms with Crippen LogP contribution in [0.2, 0.25) is 0 Å². The molecule has 0 atom stereocenters. The standard InChI is InChI=1S/C18H25N3O2S/c1-13(2)14-4-6-15(7-5-14)18-21-16(12-24-18)17(22)20-9-8-19-10-11-23-3/h4-7,12-13,19H,8-11H2,1-3H3,(H,20,22). The van der Waals surface area contributed by atoms with E-state index in [-0.39, 0.29) is 5.91 Å². The Kier molecular flexibility index (Phi) is 7.36. The van der Waals surface area contributed by atoms with Gasteiger partial charge in [0.15, 0.2) is 0 Å². The lowest BCUT2D eigenvalue weighted by molar-refractivity contribution is 0.0949. The third kappa shape index (κ3) is 5.40. The number of methoxy groups -OCH3 is 1. The number of rotatable bonds is 9. The van der Waals surface area contributed by atoms with E-state index in [4.69, 9.17) is 4.74 Å². The number of hydrogen-bond donors (Lipinski definition) is 2. The average molecular weight is 347 g/mol. The summed E-state index contributed by atoms with van der Waals surface area (Å²) in [4.78, 5) is 16.6. The second-order valence-corrected chi connectivity index (χ2v) is 6.67. The molecule has 0 aliphatic heterocycles. The minimum atomic E-state index is -0.134. The predicted octanol–water partition coefficient (Wildman–Crippen LogP) is 2.90. The minimum absolute atomic E-state index is 0.134. The van der Waals surface area contributed by atoms with Crippen molar-refractivity contribution in [2.24, 2.45) is 0 Å². The van der Waals surface area contributed by atoms with Gasteiger partial charge in [-0.1, -0.05) is 38.1 Å². The van der Waals surface area contributed by atoms with Crippen LogP contribution < -0.4 is 10.6 Å². The van der Waals surface area contributed by atoms with Crippen molar-refractivity contribution in [2.75, 3.05) is 33.4 Å². The first kappa shape index (κ1) is 18.6. The molecule has 2 rings (SSSR count). The molecule has 0 saturated heterocycles. The predicted molar refractivity (Wildman–Crippen MR) is 98.7 cm³/mol. The van der Waals surface area contributed by atoms with Crippen molar-refractivity contribution in [1.29, 1.82) is 0 Å². The minimum Gasteiger partial charge on any atom is -0.383 e. The zero-order valence-corrected chi connectivity index (χ0v) is 15.3. The van der Waals surface area contributed by atoms with Gasteiger partial charge in [0.2, 0.25) is 0 Å². The summed E-state index contributed by atoms with van der Waals surface area (Å²) >= 11 is 1.49. The van der Waals surface area contributed by atoms with Crippen LogP contribution in [0, 0.1) is 0 Å². The van der Waals surface area contributed by atoms with Gasteiger partial charge in [0.25, 0.3) is 5.91 Å². The summed E-state index contributed by atoms with van der Waals surface area (Å²) < 4.78 is 4.95. The Morgan fingerprint density at radius 1 is 1.21 bits per heavy atom. The van der Waals surface area contributed by atoms with Crippen molar-refractivity contribution >= 4 is 17.2 Å². The highest BCUT2D eigenvalue weighted by molar-refractivity contribution is 7.13. The van der Waals surface area contributed by atoms with Gasteiger partial charge in [-0.25, -0.2) is 4.98 Å². The zero-order valence-electron chi connectivity index (χ0n) is 14.5. The lowest BCUT2D eigenvalue weighted by Crippen LogP contribution is -2.33. The van der Waals surface area contributed by atoms with E-state index >= 15 is 0 Å². The fraction of sp³-hybridized carbons (Fsp3) is 0.444. The molecule has 0 unspecified atom stereocenters. The molecule has 6 heteroatoms. The van der Waals surface area contributed by atoms with Gasteiger partial charge in [-0.15, -0.1) is 11.3 Å². The second-order valence-electron chi connectivity index (χ2n) is 5.81. The fourth-order valence-electron chi connectivity index (χ4n) is 2.18. The van der Waals surface area contributed by atoms with Crippen molar-refractivity contribution < 1.29 is 9.53 Å². The number of carbonyl (C=O) groups excluding carboxylic acids is 1. The van der Waals surface area contributed by atoms with Crippen molar-refractivity contribution in [3.05, 3.63) is 40.9 Å². The average Bonchev–Trinajstić information content (AvgIpc) is 3.08. The summed E-state index contributed by atoms with van der Waals surface area (Å²) in [6.45, 7) is 7.07. The molecule has 1 aromatic carbocycles. The van der Waals surface area contributed by atoms with E-state index in [0.717, 1.165) is 17.1 Å². The number of thiazole rings is 1. The van der Waals surface area contributed by atoms with Crippen molar-refractivity contribution in [3.63, 3.8) is 0 Å². The third-order valence-corrected chi connectivity index (χ3v) is 4.52. The maximum absolute atomic E-state index is 12.1. The number of hydrogen-bond acceptors (Lipinski definition) is 5. The summed E-state index contributed by atoms with van der Waals surface area (Å²) in [5.74, 6) is 0.374. The third-order valence-electron chi connectivity index (χ3n) is 3.63. The highest BCUT2D eigenvalue weighted by Gasteiger charge is 2.11. The Labute approximate surface area is 147 Å². The molecule has 1 heterocycles. The number of carbonyl (C=O) groups is 1. The molecule has 0 fully saturated rings. The van der Waals surface area contributed by atoms with Crippen LogP contribution in [-0.4, -0.2) is 44.2 Å². The van der Waals surface area contributed by atoms with Crippen LogP contribution in [0.3, 0.4) is 0 Å². The molecular weight excluding hydrogens is 322 g/mol. The lowest BCUT2D eigenvalue weighted by Gasteiger charge is -2.05. The molecule has 1 amide bonds. The Morgan fingerprint density at radius 3 is 2.62 bits per heavy atom.